The molecule has 3 aliphatic rings. The normalized spacial score (nSPS) is 21.8. The van der Waals surface area contributed by atoms with E-state index in [0.29, 0.717) is 19.0 Å². The minimum atomic E-state index is -0.258. The van der Waals surface area contributed by atoms with Crippen LogP contribution in [-0.2, 0) is 16.1 Å². The van der Waals surface area contributed by atoms with Gasteiger partial charge < -0.3 is 20.7 Å². The second kappa shape index (κ2) is 8.04. The number of ether oxygens (including phenoxy) is 1. The second-order valence-electron chi connectivity index (χ2n) is 7.77. The smallest absolute Gasteiger partial charge is 0.244 e. The molecule has 0 bridgehead atoms. The van der Waals surface area contributed by atoms with Gasteiger partial charge in [-0.25, -0.2) is 14.7 Å². The number of pyridine rings is 1. The SMILES string of the molecule is Nc1ccc(C2=NC(N3CCOCC3)Nc3c2cnn3CC(=O)N2CCCC2)cn1. The topological polar surface area (TPSA) is 114 Å². The second-order valence-corrected chi connectivity index (χ2v) is 7.77. The minimum Gasteiger partial charge on any atom is -0.384 e. The molecule has 30 heavy (non-hydrogen) atoms. The molecule has 5 rings (SSSR count). The van der Waals surface area contributed by atoms with Gasteiger partial charge in [-0.1, -0.05) is 0 Å². The minimum absolute atomic E-state index is 0.0985. The molecule has 10 heteroatoms. The average Bonchev–Trinajstić information content (AvgIpc) is 3.45. The molecular weight excluding hydrogens is 384 g/mol. The summed E-state index contributed by atoms with van der Waals surface area (Å²) in [5.41, 5.74) is 8.30. The number of hydrogen-bond donors (Lipinski definition) is 2. The zero-order valence-corrected chi connectivity index (χ0v) is 16.8. The number of rotatable bonds is 4. The lowest BCUT2D eigenvalue weighted by atomic mass is 10.0. The Kier molecular flexibility index (Phi) is 5.09. The Bertz CT molecular complexity index is 942. The van der Waals surface area contributed by atoms with Crippen LogP contribution in [0.5, 0.6) is 0 Å². The number of fused-ring (bicyclic) bond motifs is 1. The van der Waals surface area contributed by atoms with Crippen molar-refractivity contribution in [1.29, 1.82) is 0 Å². The molecule has 1 unspecified atom stereocenters. The van der Waals surface area contributed by atoms with Crippen LogP contribution < -0.4 is 11.1 Å². The van der Waals surface area contributed by atoms with Gasteiger partial charge >= 0.3 is 0 Å². The predicted octanol–water partition coefficient (Wildman–Crippen LogP) is 0.361. The molecule has 2 fully saturated rings. The summed E-state index contributed by atoms with van der Waals surface area (Å²) in [6, 6.07) is 3.68. The van der Waals surface area contributed by atoms with Crippen LogP contribution >= 0.6 is 0 Å². The van der Waals surface area contributed by atoms with Crippen LogP contribution in [-0.4, -0.2) is 81.9 Å². The maximum absolute atomic E-state index is 12.7. The molecule has 0 aromatic carbocycles. The summed E-state index contributed by atoms with van der Waals surface area (Å²) in [5.74, 6) is 1.37. The van der Waals surface area contributed by atoms with Crippen LogP contribution in [0.2, 0.25) is 0 Å². The lowest BCUT2D eigenvalue weighted by molar-refractivity contribution is -0.130. The summed E-state index contributed by atoms with van der Waals surface area (Å²) < 4.78 is 7.25. The molecule has 0 spiro atoms. The summed E-state index contributed by atoms with van der Waals surface area (Å²) >= 11 is 0. The van der Waals surface area contributed by atoms with Gasteiger partial charge in [-0.3, -0.25) is 9.69 Å². The Balaban J connectivity index is 1.48. The van der Waals surface area contributed by atoms with Crippen molar-refractivity contribution in [1.82, 2.24) is 24.6 Å². The molecule has 2 aromatic rings. The van der Waals surface area contributed by atoms with Gasteiger partial charge in [-0.2, -0.15) is 5.10 Å². The number of morpholine rings is 1. The fourth-order valence-electron chi connectivity index (χ4n) is 4.14. The number of carbonyl (C=O) groups excluding carboxylic acids is 1. The zero-order valence-electron chi connectivity index (χ0n) is 16.8. The summed E-state index contributed by atoms with van der Waals surface area (Å²) in [4.78, 5) is 26.1. The fourth-order valence-corrected chi connectivity index (χ4v) is 4.14. The molecule has 0 saturated carbocycles. The standard InChI is InChI=1S/C20H26N8O2/c21-16-4-3-14(11-22-16)18-15-12-23-28(13-17(29)26-5-1-2-6-26)19(15)25-20(24-18)27-7-9-30-10-8-27/h3-4,11-12,20,25H,1-2,5-10,13H2,(H2,21,22). The first-order valence-electron chi connectivity index (χ1n) is 10.4. The van der Waals surface area contributed by atoms with Crippen LogP contribution in [0, 0.1) is 0 Å². The van der Waals surface area contributed by atoms with E-state index < -0.39 is 0 Å². The highest BCUT2D eigenvalue weighted by atomic mass is 16.5. The number of nitrogens with two attached hydrogens (primary N) is 1. The first kappa shape index (κ1) is 19.0. The number of likely N-dealkylation sites (tertiary alicyclic amines) is 1. The van der Waals surface area contributed by atoms with Gasteiger partial charge in [0.25, 0.3) is 0 Å². The molecule has 2 saturated heterocycles. The van der Waals surface area contributed by atoms with Gasteiger partial charge in [-0.15, -0.1) is 0 Å². The van der Waals surface area contributed by atoms with Gasteiger partial charge in [0.2, 0.25) is 5.91 Å². The van der Waals surface area contributed by atoms with E-state index in [4.69, 9.17) is 15.5 Å². The molecule has 158 valence electrons. The van der Waals surface area contributed by atoms with Crippen molar-refractivity contribution in [3.63, 3.8) is 0 Å². The van der Waals surface area contributed by atoms with Crippen molar-refractivity contribution >= 4 is 23.3 Å². The van der Waals surface area contributed by atoms with Gasteiger partial charge in [-0.05, 0) is 25.0 Å². The lowest BCUT2D eigenvalue weighted by Crippen LogP contribution is -2.48. The van der Waals surface area contributed by atoms with Crippen LogP contribution in [0.25, 0.3) is 0 Å². The molecule has 1 atom stereocenters. The van der Waals surface area contributed by atoms with Crippen molar-refractivity contribution in [2.75, 3.05) is 50.4 Å². The lowest BCUT2D eigenvalue weighted by Gasteiger charge is -2.35. The third-order valence-electron chi connectivity index (χ3n) is 5.81. The van der Waals surface area contributed by atoms with Crippen molar-refractivity contribution in [3.8, 4) is 0 Å². The Morgan fingerprint density at radius 2 is 1.97 bits per heavy atom. The largest absolute Gasteiger partial charge is 0.384 e. The van der Waals surface area contributed by atoms with Gasteiger partial charge in [0.15, 0.2) is 6.29 Å². The highest BCUT2D eigenvalue weighted by Crippen LogP contribution is 2.27. The van der Waals surface area contributed by atoms with E-state index in [0.717, 1.165) is 61.7 Å². The van der Waals surface area contributed by atoms with Crippen molar-refractivity contribution in [2.45, 2.75) is 25.7 Å². The number of aromatic nitrogens is 3. The first-order chi connectivity index (χ1) is 14.7. The Morgan fingerprint density at radius 1 is 1.17 bits per heavy atom. The number of anilines is 2. The van der Waals surface area contributed by atoms with Crippen molar-refractivity contribution in [2.24, 2.45) is 4.99 Å². The van der Waals surface area contributed by atoms with E-state index in [2.05, 4.69) is 20.3 Å². The maximum atomic E-state index is 12.7. The molecule has 3 N–H and O–H groups in total. The van der Waals surface area contributed by atoms with Gasteiger partial charge in [0.1, 0.15) is 18.2 Å². The number of hydrogen-bond acceptors (Lipinski definition) is 8. The van der Waals surface area contributed by atoms with Crippen LogP contribution in [0.15, 0.2) is 29.5 Å². The van der Waals surface area contributed by atoms with Gasteiger partial charge in [0, 0.05) is 37.9 Å². The van der Waals surface area contributed by atoms with E-state index in [-0.39, 0.29) is 18.7 Å². The van der Waals surface area contributed by atoms with Crippen LogP contribution in [0.4, 0.5) is 11.6 Å². The molecular formula is C20H26N8O2. The monoisotopic (exact) mass is 410 g/mol. The Labute approximate surface area is 174 Å². The van der Waals surface area contributed by atoms with Crippen molar-refractivity contribution < 1.29 is 9.53 Å². The Hall–Kier alpha value is -2.98. The predicted molar refractivity (Wildman–Crippen MR) is 112 cm³/mol. The van der Waals surface area contributed by atoms with Crippen LogP contribution in [0.1, 0.15) is 24.0 Å². The number of amides is 1. The van der Waals surface area contributed by atoms with E-state index in [9.17, 15) is 4.79 Å². The maximum Gasteiger partial charge on any atom is 0.244 e. The first-order valence-corrected chi connectivity index (χ1v) is 10.4. The quantitative estimate of drug-likeness (QED) is 0.748. The molecule has 2 aromatic heterocycles. The molecule has 1 amide bonds. The van der Waals surface area contributed by atoms with Crippen LogP contribution in [0.3, 0.4) is 0 Å². The van der Waals surface area contributed by atoms with E-state index in [1.54, 1.807) is 23.1 Å². The summed E-state index contributed by atoms with van der Waals surface area (Å²) in [7, 11) is 0. The summed E-state index contributed by atoms with van der Waals surface area (Å²) in [6.07, 6.45) is 5.38. The molecule has 3 aliphatic heterocycles. The highest BCUT2D eigenvalue weighted by molar-refractivity contribution is 6.16. The summed E-state index contributed by atoms with van der Waals surface area (Å²) in [6.45, 7) is 4.78. The number of nitrogen functional groups attached to an aromatic ring is 1. The molecule has 5 heterocycles. The fraction of sp³-hybridized carbons (Fsp3) is 0.500. The number of carbonyl (C=O) groups is 1. The molecule has 0 aliphatic carbocycles. The van der Waals surface area contributed by atoms with Gasteiger partial charge in [0.05, 0.1) is 30.7 Å². The van der Waals surface area contributed by atoms with E-state index in [1.807, 2.05) is 11.0 Å². The highest BCUT2D eigenvalue weighted by Gasteiger charge is 2.31. The third kappa shape index (κ3) is 3.63. The number of nitrogens with zero attached hydrogens (tertiary/aromatic N) is 6. The zero-order chi connectivity index (χ0) is 20.5. The third-order valence-corrected chi connectivity index (χ3v) is 5.81. The number of nitrogens with one attached hydrogen (secondary N) is 1. The van der Waals surface area contributed by atoms with Crippen molar-refractivity contribution in [3.05, 3.63) is 35.7 Å². The summed E-state index contributed by atoms with van der Waals surface area (Å²) in [5, 5.41) is 8.01. The molecule has 0 radical (unpaired) electrons. The van der Waals surface area contributed by atoms with E-state index >= 15 is 0 Å². The molecule has 10 nitrogen and oxygen atoms in total. The van der Waals surface area contributed by atoms with E-state index in [1.165, 1.54) is 0 Å². The number of aliphatic imine (C=N–C) groups is 1. The average molecular weight is 410 g/mol. The Morgan fingerprint density at radius 3 is 2.70 bits per heavy atom.